The minimum atomic E-state index is -0.902. The molecule has 4 rings (SSSR count). The van der Waals surface area contributed by atoms with Crippen molar-refractivity contribution in [1.82, 2.24) is 4.98 Å². The van der Waals surface area contributed by atoms with Crippen LogP contribution in [0.2, 0.25) is 0 Å². The molecule has 1 saturated heterocycles. The molecule has 0 spiro atoms. The number of carbonyl (C=O) groups excluding carboxylic acids is 2. The van der Waals surface area contributed by atoms with Crippen molar-refractivity contribution in [3.8, 4) is 17.2 Å². The number of anilines is 1. The molecule has 1 aliphatic rings. The summed E-state index contributed by atoms with van der Waals surface area (Å²) in [5.74, 6) is -0.0746. The number of ketones is 1. The first-order valence-corrected chi connectivity index (χ1v) is 13.7. The monoisotopic (exact) mass is 536 g/mol. The fraction of sp³-hybridized carbons (Fsp3) is 0.345. The third kappa shape index (κ3) is 5.67. The quantitative estimate of drug-likeness (QED) is 0.129. The van der Waals surface area contributed by atoms with E-state index < -0.39 is 17.7 Å². The highest BCUT2D eigenvalue weighted by molar-refractivity contribution is 7.14. The molecule has 1 unspecified atom stereocenters. The van der Waals surface area contributed by atoms with Crippen LogP contribution in [0.1, 0.15) is 57.2 Å². The summed E-state index contributed by atoms with van der Waals surface area (Å²) in [7, 11) is 0. The highest BCUT2D eigenvalue weighted by atomic mass is 32.1. The van der Waals surface area contributed by atoms with E-state index in [9.17, 15) is 14.7 Å². The van der Waals surface area contributed by atoms with Gasteiger partial charge in [-0.15, -0.1) is 11.3 Å². The van der Waals surface area contributed by atoms with Crippen molar-refractivity contribution in [3.05, 3.63) is 70.7 Å². The lowest BCUT2D eigenvalue weighted by Gasteiger charge is -2.24. The summed E-state index contributed by atoms with van der Waals surface area (Å²) in [5, 5.41) is 13.4. The second-order valence-electron chi connectivity index (χ2n) is 8.64. The van der Waals surface area contributed by atoms with E-state index in [-0.39, 0.29) is 11.3 Å². The SMILES string of the molecule is CCCCCOc1ccc(C2/C(=C(\O)c3ccc(OCC)cc3)C(=O)C(=O)N2c2nccs2)cc1OCC. The van der Waals surface area contributed by atoms with Crippen LogP contribution in [0.4, 0.5) is 5.13 Å². The number of ether oxygens (including phenoxy) is 3. The summed E-state index contributed by atoms with van der Waals surface area (Å²) in [4.78, 5) is 32.2. The molecular formula is C29H32N2O6S. The van der Waals surface area contributed by atoms with Gasteiger partial charge in [0.2, 0.25) is 0 Å². The predicted octanol–water partition coefficient (Wildman–Crippen LogP) is 6.14. The molecule has 0 radical (unpaired) electrons. The number of carbonyl (C=O) groups is 2. The molecule has 3 aromatic rings. The van der Waals surface area contributed by atoms with E-state index in [0.29, 0.717) is 53.3 Å². The van der Waals surface area contributed by atoms with Crippen LogP contribution in [0, 0.1) is 0 Å². The fourth-order valence-electron chi connectivity index (χ4n) is 4.33. The number of aliphatic hydroxyl groups excluding tert-OH is 1. The molecule has 1 amide bonds. The first-order valence-electron chi connectivity index (χ1n) is 12.8. The first-order chi connectivity index (χ1) is 18.5. The summed E-state index contributed by atoms with van der Waals surface area (Å²) in [6.45, 7) is 7.36. The lowest BCUT2D eigenvalue weighted by atomic mass is 9.95. The van der Waals surface area contributed by atoms with E-state index in [1.807, 2.05) is 13.8 Å². The van der Waals surface area contributed by atoms with E-state index in [2.05, 4.69) is 11.9 Å². The van der Waals surface area contributed by atoms with Crippen molar-refractivity contribution >= 4 is 33.9 Å². The molecule has 1 atom stereocenters. The summed E-state index contributed by atoms with van der Waals surface area (Å²) in [6, 6.07) is 11.2. The number of benzene rings is 2. The van der Waals surface area contributed by atoms with E-state index in [1.54, 1.807) is 54.0 Å². The topological polar surface area (TPSA) is 98.2 Å². The molecule has 8 nitrogen and oxygen atoms in total. The van der Waals surface area contributed by atoms with E-state index in [1.165, 1.54) is 16.2 Å². The molecule has 2 aromatic carbocycles. The number of rotatable bonds is 12. The number of Topliss-reactive ketones (excluding diaryl/α,β-unsaturated/α-hetero) is 1. The van der Waals surface area contributed by atoms with Gasteiger partial charge in [-0.3, -0.25) is 14.5 Å². The van der Waals surface area contributed by atoms with Crippen molar-refractivity contribution in [3.63, 3.8) is 0 Å². The van der Waals surface area contributed by atoms with Crippen LogP contribution in [0.25, 0.3) is 5.76 Å². The number of amides is 1. The molecule has 1 fully saturated rings. The highest BCUT2D eigenvalue weighted by Crippen LogP contribution is 2.44. The average Bonchev–Trinajstić information content (AvgIpc) is 3.54. The first kappa shape index (κ1) is 27.2. The molecule has 38 heavy (non-hydrogen) atoms. The summed E-state index contributed by atoms with van der Waals surface area (Å²) >= 11 is 1.24. The van der Waals surface area contributed by atoms with E-state index >= 15 is 0 Å². The summed E-state index contributed by atoms with van der Waals surface area (Å²) < 4.78 is 17.3. The van der Waals surface area contributed by atoms with E-state index in [4.69, 9.17) is 14.2 Å². The van der Waals surface area contributed by atoms with Crippen molar-refractivity contribution in [2.75, 3.05) is 24.7 Å². The number of thiazole rings is 1. The fourth-order valence-corrected chi connectivity index (χ4v) is 4.99. The van der Waals surface area contributed by atoms with Gasteiger partial charge in [0.25, 0.3) is 5.78 Å². The van der Waals surface area contributed by atoms with Gasteiger partial charge in [-0.1, -0.05) is 25.8 Å². The number of nitrogens with zero attached hydrogens (tertiary/aromatic N) is 2. The summed E-state index contributed by atoms with van der Waals surface area (Å²) in [5.41, 5.74) is 0.973. The molecule has 0 saturated carbocycles. The Morgan fingerprint density at radius 2 is 1.74 bits per heavy atom. The normalized spacial score (nSPS) is 16.6. The zero-order chi connectivity index (χ0) is 27.1. The number of unbranched alkanes of at least 4 members (excludes halogenated alkanes) is 2. The Balaban J connectivity index is 1.80. The standard InChI is InChI=1S/C29H32N2O6S/c1-4-7-8-16-37-22-14-11-20(18-23(22)36-6-3)25-24(26(32)19-9-12-21(13-10-19)35-5-2)27(33)28(34)31(25)29-30-15-17-38-29/h9-15,17-18,25,32H,4-8,16H2,1-3H3/b26-24+. The molecule has 1 aliphatic heterocycles. The molecular weight excluding hydrogens is 504 g/mol. The predicted molar refractivity (Wildman–Crippen MR) is 147 cm³/mol. The largest absolute Gasteiger partial charge is 0.507 e. The Hall–Kier alpha value is -3.85. The third-order valence-corrected chi connectivity index (χ3v) is 6.87. The van der Waals surface area contributed by atoms with Gasteiger partial charge in [0.15, 0.2) is 16.6 Å². The van der Waals surface area contributed by atoms with Gasteiger partial charge in [0.05, 0.1) is 31.4 Å². The van der Waals surface area contributed by atoms with Gasteiger partial charge < -0.3 is 19.3 Å². The molecule has 9 heteroatoms. The maximum absolute atomic E-state index is 13.3. The van der Waals surface area contributed by atoms with Crippen LogP contribution in [-0.2, 0) is 9.59 Å². The smallest absolute Gasteiger partial charge is 0.301 e. The lowest BCUT2D eigenvalue weighted by Crippen LogP contribution is -2.29. The maximum Gasteiger partial charge on any atom is 0.301 e. The number of hydrogen-bond acceptors (Lipinski definition) is 8. The minimum absolute atomic E-state index is 0.0200. The molecule has 0 aliphatic carbocycles. The van der Waals surface area contributed by atoms with Crippen LogP contribution < -0.4 is 19.1 Å². The van der Waals surface area contributed by atoms with Gasteiger partial charge in [-0.25, -0.2) is 4.98 Å². The Morgan fingerprint density at radius 1 is 0.974 bits per heavy atom. The Kier molecular flexibility index (Phi) is 9.02. The lowest BCUT2D eigenvalue weighted by molar-refractivity contribution is -0.132. The van der Waals surface area contributed by atoms with Crippen molar-refractivity contribution in [2.24, 2.45) is 0 Å². The van der Waals surface area contributed by atoms with Gasteiger partial charge in [-0.05, 0) is 62.2 Å². The number of aromatic nitrogens is 1. The van der Waals surface area contributed by atoms with Crippen molar-refractivity contribution < 1.29 is 28.9 Å². The van der Waals surface area contributed by atoms with Crippen molar-refractivity contribution in [1.29, 1.82) is 0 Å². The maximum atomic E-state index is 13.3. The van der Waals surface area contributed by atoms with Gasteiger partial charge in [0.1, 0.15) is 11.5 Å². The Labute approximate surface area is 226 Å². The highest BCUT2D eigenvalue weighted by Gasteiger charge is 2.48. The Morgan fingerprint density at radius 3 is 2.39 bits per heavy atom. The molecule has 1 aromatic heterocycles. The van der Waals surface area contributed by atoms with Crippen LogP contribution in [0.3, 0.4) is 0 Å². The molecule has 200 valence electrons. The second-order valence-corrected chi connectivity index (χ2v) is 9.51. The number of aliphatic hydroxyl groups is 1. The number of hydrogen-bond donors (Lipinski definition) is 1. The minimum Gasteiger partial charge on any atom is -0.507 e. The average molecular weight is 537 g/mol. The van der Waals surface area contributed by atoms with Crippen LogP contribution >= 0.6 is 11.3 Å². The van der Waals surface area contributed by atoms with Gasteiger partial charge in [0, 0.05) is 17.1 Å². The van der Waals surface area contributed by atoms with Gasteiger partial charge >= 0.3 is 5.91 Å². The molecule has 2 heterocycles. The third-order valence-electron chi connectivity index (χ3n) is 6.10. The second kappa shape index (κ2) is 12.6. The molecule has 0 bridgehead atoms. The van der Waals surface area contributed by atoms with Crippen molar-refractivity contribution in [2.45, 2.75) is 46.1 Å². The van der Waals surface area contributed by atoms with Crippen LogP contribution in [-0.4, -0.2) is 41.6 Å². The van der Waals surface area contributed by atoms with E-state index in [0.717, 1.165) is 19.3 Å². The zero-order valence-electron chi connectivity index (χ0n) is 21.8. The summed E-state index contributed by atoms with van der Waals surface area (Å²) in [6.07, 6.45) is 4.65. The molecule has 1 N–H and O–H groups in total. The zero-order valence-corrected chi connectivity index (χ0v) is 22.6. The van der Waals surface area contributed by atoms with Crippen LogP contribution in [0.5, 0.6) is 17.2 Å². The van der Waals surface area contributed by atoms with Crippen LogP contribution in [0.15, 0.2) is 59.6 Å². The Bertz CT molecular complexity index is 1290. The van der Waals surface area contributed by atoms with Gasteiger partial charge in [-0.2, -0.15) is 0 Å².